The summed E-state index contributed by atoms with van der Waals surface area (Å²) in [6.45, 7) is 9.59. The number of anilines is 1. The molecule has 0 aromatic heterocycles. The van der Waals surface area contributed by atoms with Crippen LogP contribution < -0.4 is 5.32 Å². The van der Waals surface area contributed by atoms with E-state index < -0.39 is 0 Å². The van der Waals surface area contributed by atoms with Gasteiger partial charge in [0.25, 0.3) is 0 Å². The number of carbonyl (C=O) groups excluding carboxylic acids is 2. The van der Waals surface area contributed by atoms with Crippen molar-refractivity contribution < 1.29 is 9.59 Å². The number of amides is 2. The summed E-state index contributed by atoms with van der Waals surface area (Å²) in [7, 11) is 0. The van der Waals surface area contributed by atoms with Gasteiger partial charge in [0, 0.05) is 51.8 Å². The van der Waals surface area contributed by atoms with Crippen molar-refractivity contribution in [3.8, 4) is 0 Å². The molecule has 1 fully saturated rings. The molecule has 1 N–H and O–H groups in total. The van der Waals surface area contributed by atoms with Crippen molar-refractivity contribution in [2.45, 2.75) is 27.2 Å². The molecule has 0 atom stereocenters. The fourth-order valence-corrected chi connectivity index (χ4v) is 2.71. The number of carbonyl (C=O) groups is 2. The van der Waals surface area contributed by atoms with E-state index in [4.69, 9.17) is 0 Å². The number of nitrogens with one attached hydrogen (secondary N) is 1. The second-order valence-corrected chi connectivity index (χ2v) is 5.96. The molecular formula is C17H25N3O2. The summed E-state index contributed by atoms with van der Waals surface area (Å²) in [6.07, 6.45) is 0.480. The van der Waals surface area contributed by atoms with Crippen LogP contribution in [0.25, 0.3) is 0 Å². The van der Waals surface area contributed by atoms with Gasteiger partial charge in [-0.2, -0.15) is 0 Å². The second kappa shape index (κ2) is 7.40. The van der Waals surface area contributed by atoms with Crippen LogP contribution in [0.1, 0.15) is 24.5 Å². The maximum Gasteiger partial charge on any atom is 0.225 e. The van der Waals surface area contributed by atoms with Crippen molar-refractivity contribution in [1.29, 1.82) is 0 Å². The monoisotopic (exact) mass is 303 g/mol. The highest BCUT2D eigenvalue weighted by atomic mass is 16.2. The van der Waals surface area contributed by atoms with Crippen molar-refractivity contribution in [3.63, 3.8) is 0 Å². The number of hydrogen-bond acceptors (Lipinski definition) is 3. The molecule has 120 valence electrons. The molecule has 0 saturated carbocycles. The van der Waals surface area contributed by atoms with Crippen LogP contribution in [-0.4, -0.2) is 54.3 Å². The first-order chi connectivity index (χ1) is 10.5. The number of benzene rings is 1. The van der Waals surface area contributed by atoms with Gasteiger partial charge in [0.1, 0.15) is 0 Å². The van der Waals surface area contributed by atoms with Gasteiger partial charge in [0.05, 0.1) is 0 Å². The van der Waals surface area contributed by atoms with Crippen molar-refractivity contribution in [2.75, 3.05) is 38.0 Å². The van der Waals surface area contributed by atoms with Gasteiger partial charge in [-0.1, -0.05) is 17.7 Å². The molecule has 2 rings (SSSR count). The van der Waals surface area contributed by atoms with E-state index >= 15 is 0 Å². The third kappa shape index (κ3) is 4.56. The molecule has 1 saturated heterocycles. The first-order valence-corrected chi connectivity index (χ1v) is 7.80. The summed E-state index contributed by atoms with van der Waals surface area (Å²) in [5, 5.41) is 2.97. The predicted octanol–water partition coefficient (Wildman–Crippen LogP) is 1.80. The van der Waals surface area contributed by atoms with E-state index in [9.17, 15) is 9.59 Å². The van der Waals surface area contributed by atoms with Crippen LogP contribution in [0, 0.1) is 13.8 Å². The number of rotatable bonds is 4. The summed E-state index contributed by atoms with van der Waals surface area (Å²) < 4.78 is 0. The Labute approximate surface area is 132 Å². The van der Waals surface area contributed by atoms with E-state index in [1.165, 1.54) is 5.56 Å². The van der Waals surface area contributed by atoms with Crippen molar-refractivity contribution >= 4 is 17.5 Å². The minimum atomic E-state index is 0.0425. The normalized spacial score (nSPS) is 15.7. The van der Waals surface area contributed by atoms with E-state index in [0.717, 1.165) is 44.0 Å². The molecule has 5 nitrogen and oxygen atoms in total. The Morgan fingerprint density at radius 3 is 2.41 bits per heavy atom. The Balaban J connectivity index is 1.75. The van der Waals surface area contributed by atoms with E-state index in [0.29, 0.717) is 6.42 Å². The fraction of sp³-hybridized carbons (Fsp3) is 0.529. The zero-order valence-electron chi connectivity index (χ0n) is 13.7. The summed E-state index contributed by atoms with van der Waals surface area (Å²) in [6, 6.07) is 6.02. The Bertz CT molecular complexity index is 549. The Kier molecular flexibility index (Phi) is 5.55. The van der Waals surface area contributed by atoms with Crippen LogP contribution in [0.2, 0.25) is 0 Å². The quantitative estimate of drug-likeness (QED) is 0.923. The van der Waals surface area contributed by atoms with Crippen LogP contribution in [0.5, 0.6) is 0 Å². The maximum absolute atomic E-state index is 12.1. The lowest BCUT2D eigenvalue weighted by atomic mass is 10.1. The van der Waals surface area contributed by atoms with Crippen molar-refractivity contribution in [1.82, 2.24) is 9.80 Å². The molecule has 5 heteroatoms. The molecule has 1 aliphatic rings. The predicted molar refractivity (Wildman–Crippen MR) is 87.9 cm³/mol. The lowest BCUT2D eigenvalue weighted by molar-refractivity contribution is -0.130. The van der Waals surface area contributed by atoms with Gasteiger partial charge in [-0.15, -0.1) is 0 Å². The smallest absolute Gasteiger partial charge is 0.225 e. The van der Waals surface area contributed by atoms with Crippen molar-refractivity contribution in [3.05, 3.63) is 29.3 Å². The SMILES string of the molecule is CC(=O)N1CCN(CCC(=O)Nc2ccc(C)cc2C)CC1. The molecular weight excluding hydrogens is 278 g/mol. The highest BCUT2D eigenvalue weighted by molar-refractivity contribution is 5.91. The molecule has 1 heterocycles. The summed E-state index contributed by atoms with van der Waals surface area (Å²) in [5.41, 5.74) is 3.17. The zero-order chi connectivity index (χ0) is 16.1. The largest absolute Gasteiger partial charge is 0.340 e. The van der Waals surface area contributed by atoms with Gasteiger partial charge in [-0.05, 0) is 25.5 Å². The van der Waals surface area contributed by atoms with E-state index in [1.54, 1.807) is 6.92 Å². The summed E-state index contributed by atoms with van der Waals surface area (Å²) >= 11 is 0. The standard InChI is InChI=1S/C17H25N3O2/c1-13-4-5-16(14(2)12-13)18-17(22)6-7-19-8-10-20(11-9-19)15(3)21/h4-5,12H,6-11H2,1-3H3,(H,18,22). The van der Waals surface area contributed by atoms with E-state index in [1.807, 2.05) is 30.9 Å². The minimum absolute atomic E-state index is 0.0425. The molecule has 0 aliphatic carbocycles. The van der Waals surface area contributed by atoms with E-state index in [-0.39, 0.29) is 11.8 Å². The van der Waals surface area contributed by atoms with Crippen LogP contribution >= 0.6 is 0 Å². The third-order valence-corrected chi connectivity index (χ3v) is 4.13. The Hall–Kier alpha value is -1.88. The third-order valence-electron chi connectivity index (χ3n) is 4.13. The van der Waals surface area contributed by atoms with E-state index in [2.05, 4.69) is 16.3 Å². The van der Waals surface area contributed by atoms with Crippen LogP contribution in [0.3, 0.4) is 0 Å². The van der Waals surface area contributed by atoms with Crippen LogP contribution in [0.4, 0.5) is 5.69 Å². The second-order valence-electron chi connectivity index (χ2n) is 5.96. The molecule has 1 aromatic carbocycles. The van der Waals surface area contributed by atoms with Crippen molar-refractivity contribution in [2.24, 2.45) is 0 Å². The average molecular weight is 303 g/mol. The molecule has 1 aromatic rings. The topological polar surface area (TPSA) is 52.7 Å². The highest BCUT2D eigenvalue weighted by Gasteiger charge is 2.18. The Morgan fingerprint density at radius 1 is 1.14 bits per heavy atom. The Morgan fingerprint density at radius 2 is 1.82 bits per heavy atom. The van der Waals surface area contributed by atoms with Gasteiger partial charge in [-0.3, -0.25) is 14.5 Å². The minimum Gasteiger partial charge on any atom is -0.340 e. The van der Waals surface area contributed by atoms with Crippen LogP contribution in [-0.2, 0) is 9.59 Å². The fourth-order valence-electron chi connectivity index (χ4n) is 2.71. The summed E-state index contributed by atoms with van der Waals surface area (Å²) in [5.74, 6) is 0.174. The maximum atomic E-state index is 12.1. The zero-order valence-corrected chi connectivity index (χ0v) is 13.7. The lowest BCUT2D eigenvalue weighted by Crippen LogP contribution is -2.48. The van der Waals surface area contributed by atoms with Gasteiger partial charge in [0.15, 0.2) is 0 Å². The van der Waals surface area contributed by atoms with Gasteiger partial charge in [0.2, 0.25) is 11.8 Å². The molecule has 2 amide bonds. The average Bonchev–Trinajstić information content (AvgIpc) is 2.48. The van der Waals surface area contributed by atoms with Crippen LogP contribution in [0.15, 0.2) is 18.2 Å². The molecule has 1 aliphatic heterocycles. The first kappa shape index (κ1) is 16.5. The highest BCUT2D eigenvalue weighted by Crippen LogP contribution is 2.16. The molecule has 0 spiro atoms. The number of hydrogen-bond donors (Lipinski definition) is 1. The van der Waals surface area contributed by atoms with Gasteiger partial charge >= 0.3 is 0 Å². The number of nitrogens with zero attached hydrogens (tertiary/aromatic N) is 2. The number of aryl methyl sites for hydroxylation is 2. The van der Waals surface area contributed by atoms with Gasteiger partial charge < -0.3 is 10.2 Å². The molecule has 0 bridgehead atoms. The number of piperazine rings is 1. The molecule has 22 heavy (non-hydrogen) atoms. The first-order valence-electron chi connectivity index (χ1n) is 7.80. The summed E-state index contributed by atoms with van der Waals surface area (Å²) in [4.78, 5) is 27.4. The van der Waals surface area contributed by atoms with Gasteiger partial charge in [-0.25, -0.2) is 0 Å². The molecule has 0 unspecified atom stereocenters. The lowest BCUT2D eigenvalue weighted by Gasteiger charge is -2.34. The molecule has 0 radical (unpaired) electrons.